The highest BCUT2D eigenvalue weighted by molar-refractivity contribution is 4.77. The standard InChI is InChI=1S/C17H35N/c1-3-5-7-9-12-16(11-8-6-4-2)15-17-13-10-14-18-17/h16-18H,3-15H2,1-2H3/t16?,17-/m1/s1. The van der Waals surface area contributed by atoms with Crippen molar-refractivity contribution in [3.05, 3.63) is 0 Å². The van der Waals surface area contributed by atoms with Gasteiger partial charge >= 0.3 is 0 Å². The van der Waals surface area contributed by atoms with Crippen LogP contribution in [-0.2, 0) is 0 Å². The summed E-state index contributed by atoms with van der Waals surface area (Å²) in [5.41, 5.74) is 0. The smallest absolute Gasteiger partial charge is 0.00701 e. The molecule has 1 aliphatic heterocycles. The third kappa shape index (κ3) is 7.41. The largest absolute Gasteiger partial charge is 0.314 e. The van der Waals surface area contributed by atoms with E-state index in [4.69, 9.17) is 0 Å². The van der Waals surface area contributed by atoms with Crippen molar-refractivity contribution in [2.24, 2.45) is 5.92 Å². The molecule has 108 valence electrons. The monoisotopic (exact) mass is 253 g/mol. The molecular formula is C17H35N. The van der Waals surface area contributed by atoms with Crippen LogP contribution in [0.2, 0.25) is 0 Å². The minimum atomic E-state index is 0.850. The van der Waals surface area contributed by atoms with Gasteiger partial charge in [-0.3, -0.25) is 0 Å². The van der Waals surface area contributed by atoms with Crippen LogP contribution in [0.15, 0.2) is 0 Å². The van der Waals surface area contributed by atoms with Crippen LogP contribution in [0.25, 0.3) is 0 Å². The molecule has 0 amide bonds. The Hall–Kier alpha value is -0.0400. The van der Waals surface area contributed by atoms with Crippen LogP contribution in [0.1, 0.15) is 90.9 Å². The van der Waals surface area contributed by atoms with Crippen LogP contribution < -0.4 is 5.32 Å². The highest BCUT2D eigenvalue weighted by Crippen LogP contribution is 2.25. The van der Waals surface area contributed by atoms with Crippen LogP contribution >= 0.6 is 0 Å². The van der Waals surface area contributed by atoms with Crippen LogP contribution in [0, 0.1) is 5.92 Å². The third-order valence-electron chi connectivity index (χ3n) is 4.46. The lowest BCUT2D eigenvalue weighted by Crippen LogP contribution is -2.24. The van der Waals surface area contributed by atoms with Crippen molar-refractivity contribution in [3.8, 4) is 0 Å². The second-order valence-electron chi connectivity index (χ2n) is 6.24. The van der Waals surface area contributed by atoms with Gasteiger partial charge in [-0.15, -0.1) is 0 Å². The number of rotatable bonds is 11. The minimum Gasteiger partial charge on any atom is -0.314 e. The summed E-state index contributed by atoms with van der Waals surface area (Å²) in [5, 5.41) is 3.68. The summed E-state index contributed by atoms with van der Waals surface area (Å²) in [6, 6.07) is 0.850. The van der Waals surface area contributed by atoms with Gasteiger partial charge in [-0.1, -0.05) is 71.6 Å². The molecule has 1 nitrogen and oxygen atoms in total. The molecule has 0 aromatic carbocycles. The Morgan fingerprint density at radius 2 is 1.61 bits per heavy atom. The lowest BCUT2D eigenvalue weighted by atomic mass is 9.88. The molecule has 1 aliphatic rings. The lowest BCUT2D eigenvalue weighted by molar-refractivity contribution is 0.344. The second-order valence-corrected chi connectivity index (χ2v) is 6.24. The minimum absolute atomic E-state index is 0.850. The molecule has 1 N–H and O–H groups in total. The van der Waals surface area contributed by atoms with Crippen LogP contribution in [0.4, 0.5) is 0 Å². The van der Waals surface area contributed by atoms with Gasteiger partial charge in [0.1, 0.15) is 0 Å². The van der Waals surface area contributed by atoms with Gasteiger partial charge in [-0.2, -0.15) is 0 Å². The predicted molar refractivity (Wildman–Crippen MR) is 82.0 cm³/mol. The van der Waals surface area contributed by atoms with Crippen molar-refractivity contribution in [1.29, 1.82) is 0 Å². The zero-order chi connectivity index (χ0) is 13.1. The van der Waals surface area contributed by atoms with E-state index in [1.54, 1.807) is 0 Å². The van der Waals surface area contributed by atoms with Gasteiger partial charge in [0.25, 0.3) is 0 Å². The molecular weight excluding hydrogens is 218 g/mol. The zero-order valence-corrected chi connectivity index (χ0v) is 12.8. The molecule has 1 fully saturated rings. The second kappa shape index (κ2) is 10.8. The third-order valence-corrected chi connectivity index (χ3v) is 4.46. The maximum Gasteiger partial charge on any atom is 0.00701 e. The topological polar surface area (TPSA) is 12.0 Å². The molecule has 0 aromatic rings. The highest BCUT2D eigenvalue weighted by Gasteiger charge is 2.19. The normalized spacial score (nSPS) is 21.3. The molecule has 0 aromatic heterocycles. The SMILES string of the molecule is CCCCCCC(CCCCC)C[C@H]1CCCN1. The molecule has 1 rings (SSSR count). The molecule has 0 saturated carbocycles. The first-order chi connectivity index (χ1) is 8.86. The van der Waals surface area contributed by atoms with Crippen LogP contribution in [0.3, 0.4) is 0 Å². The van der Waals surface area contributed by atoms with E-state index in [9.17, 15) is 0 Å². The molecule has 2 atom stereocenters. The van der Waals surface area contributed by atoms with E-state index in [0.717, 1.165) is 12.0 Å². The summed E-state index contributed by atoms with van der Waals surface area (Å²) >= 11 is 0. The molecule has 0 radical (unpaired) electrons. The van der Waals surface area contributed by atoms with Crippen molar-refractivity contribution < 1.29 is 0 Å². The van der Waals surface area contributed by atoms with E-state index in [2.05, 4.69) is 19.2 Å². The molecule has 0 bridgehead atoms. The Morgan fingerprint density at radius 3 is 2.22 bits per heavy atom. The van der Waals surface area contributed by atoms with E-state index in [0.29, 0.717) is 0 Å². The van der Waals surface area contributed by atoms with Gasteiger partial charge in [0, 0.05) is 6.04 Å². The van der Waals surface area contributed by atoms with E-state index in [1.165, 1.54) is 83.6 Å². The molecule has 0 aliphatic carbocycles. The molecule has 1 heteroatoms. The maximum atomic E-state index is 3.68. The Kier molecular flexibility index (Phi) is 9.65. The molecule has 0 spiro atoms. The van der Waals surface area contributed by atoms with Crippen molar-refractivity contribution in [2.75, 3.05) is 6.54 Å². The quantitative estimate of drug-likeness (QED) is 0.493. The summed E-state index contributed by atoms with van der Waals surface area (Å²) in [5.74, 6) is 1.00. The summed E-state index contributed by atoms with van der Waals surface area (Å²) in [6.45, 7) is 5.89. The van der Waals surface area contributed by atoms with Gasteiger partial charge in [0.2, 0.25) is 0 Å². The van der Waals surface area contributed by atoms with Gasteiger partial charge in [-0.25, -0.2) is 0 Å². The molecule has 18 heavy (non-hydrogen) atoms. The predicted octanol–water partition coefficient (Wildman–Crippen LogP) is 5.30. The fourth-order valence-corrected chi connectivity index (χ4v) is 3.28. The van der Waals surface area contributed by atoms with Crippen LogP contribution in [-0.4, -0.2) is 12.6 Å². The van der Waals surface area contributed by atoms with Crippen LogP contribution in [0.5, 0.6) is 0 Å². The van der Waals surface area contributed by atoms with Crippen molar-refractivity contribution in [1.82, 2.24) is 5.32 Å². The van der Waals surface area contributed by atoms with E-state index < -0.39 is 0 Å². The van der Waals surface area contributed by atoms with Gasteiger partial charge in [0.05, 0.1) is 0 Å². The summed E-state index contributed by atoms with van der Waals surface area (Å²) < 4.78 is 0. The summed E-state index contributed by atoms with van der Waals surface area (Å²) in [6.07, 6.45) is 17.2. The Labute approximate surface area is 115 Å². The summed E-state index contributed by atoms with van der Waals surface area (Å²) in [4.78, 5) is 0. The van der Waals surface area contributed by atoms with Crippen molar-refractivity contribution in [2.45, 2.75) is 96.9 Å². The van der Waals surface area contributed by atoms with Crippen molar-refractivity contribution >= 4 is 0 Å². The molecule has 1 saturated heterocycles. The van der Waals surface area contributed by atoms with Gasteiger partial charge < -0.3 is 5.32 Å². The fourth-order valence-electron chi connectivity index (χ4n) is 3.28. The average Bonchev–Trinajstić information content (AvgIpc) is 2.87. The van der Waals surface area contributed by atoms with Crippen molar-refractivity contribution in [3.63, 3.8) is 0 Å². The Balaban J connectivity index is 2.17. The average molecular weight is 253 g/mol. The maximum absolute atomic E-state index is 3.68. The van der Waals surface area contributed by atoms with E-state index in [-0.39, 0.29) is 0 Å². The highest BCUT2D eigenvalue weighted by atomic mass is 14.9. The first-order valence-electron chi connectivity index (χ1n) is 8.60. The Morgan fingerprint density at radius 1 is 0.944 bits per heavy atom. The number of hydrogen-bond acceptors (Lipinski definition) is 1. The van der Waals surface area contributed by atoms with E-state index in [1.807, 2.05) is 0 Å². The molecule has 1 heterocycles. The Bertz CT molecular complexity index is 172. The van der Waals surface area contributed by atoms with E-state index >= 15 is 0 Å². The number of nitrogens with one attached hydrogen (secondary N) is 1. The zero-order valence-electron chi connectivity index (χ0n) is 12.8. The number of hydrogen-bond donors (Lipinski definition) is 1. The molecule has 1 unspecified atom stereocenters. The number of unbranched alkanes of at least 4 members (excludes halogenated alkanes) is 5. The first-order valence-corrected chi connectivity index (χ1v) is 8.60. The lowest BCUT2D eigenvalue weighted by Gasteiger charge is -2.21. The van der Waals surface area contributed by atoms with Gasteiger partial charge in [0.15, 0.2) is 0 Å². The summed E-state index contributed by atoms with van der Waals surface area (Å²) in [7, 11) is 0. The fraction of sp³-hybridized carbons (Fsp3) is 1.00. The first kappa shape index (κ1) is 16.0. The van der Waals surface area contributed by atoms with Gasteiger partial charge in [-0.05, 0) is 31.7 Å².